The molecular weight excluding hydrogens is 124 g/mol. The van der Waals surface area contributed by atoms with Gasteiger partial charge in [0.1, 0.15) is 5.78 Å². The number of carbonyl (C=O) groups excluding carboxylic acids is 1. The standard InChI is InChI=1S/C9H16O/c1-5-7-8(6(2)10)9(7,3)4/h7-8H,5H2,1-4H3. The van der Waals surface area contributed by atoms with E-state index in [-0.39, 0.29) is 0 Å². The average molecular weight is 140 g/mol. The summed E-state index contributed by atoms with van der Waals surface area (Å²) in [6.07, 6.45) is 1.15. The van der Waals surface area contributed by atoms with Gasteiger partial charge in [-0.3, -0.25) is 4.79 Å². The Hall–Kier alpha value is -0.330. The lowest BCUT2D eigenvalue weighted by atomic mass is 10.1. The van der Waals surface area contributed by atoms with Gasteiger partial charge in [0.15, 0.2) is 0 Å². The predicted molar refractivity (Wildman–Crippen MR) is 41.7 cm³/mol. The number of Topliss-reactive ketones (excluding diaryl/α,β-unsaturated/α-hetero) is 1. The summed E-state index contributed by atoms with van der Waals surface area (Å²) in [5.41, 5.74) is 0.306. The fourth-order valence-electron chi connectivity index (χ4n) is 2.31. The molecule has 2 atom stereocenters. The van der Waals surface area contributed by atoms with E-state index in [0.717, 1.165) is 6.42 Å². The second-order valence-corrected chi connectivity index (χ2v) is 3.92. The minimum atomic E-state index is 0.306. The van der Waals surface area contributed by atoms with Crippen LogP contribution in [0.5, 0.6) is 0 Å². The molecule has 1 fully saturated rings. The highest BCUT2D eigenvalue weighted by Crippen LogP contribution is 2.60. The van der Waals surface area contributed by atoms with Gasteiger partial charge in [-0.05, 0) is 18.3 Å². The molecule has 1 aliphatic rings. The summed E-state index contributed by atoms with van der Waals surface area (Å²) >= 11 is 0. The average Bonchev–Trinajstić information content (AvgIpc) is 2.33. The lowest BCUT2D eigenvalue weighted by Gasteiger charge is -1.97. The molecule has 58 valence electrons. The van der Waals surface area contributed by atoms with Crippen LogP contribution in [0.4, 0.5) is 0 Å². The van der Waals surface area contributed by atoms with Crippen molar-refractivity contribution < 1.29 is 4.79 Å². The van der Waals surface area contributed by atoms with E-state index in [2.05, 4.69) is 20.8 Å². The summed E-state index contributed by atoms with van der Waals surface area (Å²) in [6.45, 7) is 8.25. The van der Waals surface area contributed by atoms with Crippen molar-refractivity contribution in [2.75, 3.05) is 0 Å². The van der Waals surface area contributed by atoms with Gasteiger partial charge < -0.3 is 0 Å². The van der Waals surface area contributed by atoms with E-state index in [4.69, 9.17) is 0 Å². The normalized spacial score (nSPS) is 35.6. The first-order valence-corrected chi connectivity index (χ1v) is 4.02. The molecule has 0 aromatic heterocycles. The third-order valence-electron chi connectivity index (χ3n) is 2.93. The van der Waals surface area contributed by atoms with Crippen molar-refractivity contribution in [2.45, 2.75) is 34.1 Å². The van der Waals surface area contributed by atoms with Gasteiger partial charge in [0.2, 0.25) is 0 Å². The second kappa shape index (κ2) is 2.08. The molecular formula is C9H16O. The summed E-state index contributed by atoms with van der Waals surface area (Å²) < 4.78 is 0. The van der Waals surface area contributed by atoms with Crippen molar-refractivity contribution in [3.8, 4) is 0 Å². The van der Waals surface area contributed by atoms with Crippen molar-refractivity contribution in [2.24, 2.45) is 17.3 Å². The number of carbonyl (C=O) groups is 1. The minimum absolute atomic E-state index is 0.306. The van der Waals surface area contributed by atoms with E-state index in [0.29, 0.717) is 23.0 Å². The van der Waals surface area contributed by atoms with Gasteiger partial charge in [-0.1, -0.05) is 27.2 Å². The molecule has 0 heterocycles. The molecule has 0 spiro atoms. The van der Waals surface area contributed by atoms with E-state index in [1.165, 1.54) is 0 Å². The van der Waals surface area contributed by atoms with Crippen LogP contribution in [0.3, 0.4) is 0 Å². The monoisotopic (exact) mass is 140 g/mol. The van der Waals surface area contributed by atoms with Gasteiger partial charge in [-0.15, -0.1) is 0 Å². The van der Waals surface area contributed by atoms with Crippen LogP contribution in [-0.2, 0) is 4.79 Å². The first kappa shape index (κ1) is 7.77. The van der Waals surface area contributed by atoms with Gasteiger partial charge in [0, 0.05) is 5.92 Å². The van der Waals surface area contributed by atoms with Crippen LogP contribution in [0.15, 0.2) is 0 Å². The molecule has 0 amide bonds. The fraction of sp³-hybridized carbons (Fsp3) is 0.889. The molecule has 1 aliphatic carbocycles. The lowest BCUT2D eigenvalue weighted by Crippen LogP contribution is -1.99. The molecule has 0 aliphatic heterocycles. The van der Waals surface area contributed by atoms with Gasteiger partial charge in [-0.25, -0.2) is 0 Å². The molecule has 0 N–H and O–H groups in total. The number of hydrogen-bond donors (Lipinski definition) is 0. The molecule has 0 aromatic carbocycles. The quantitative estimate of drug-likeness (QED) is 0.575. The Morgan fingerprint density at radius 3 is 2.10 bits per heavy atom. The summed E-state index contributed by atoms with van der Waals surface area (Å²) in [4.78, 5) is 11.0. The third kappa shape index (κ3) is 0.882. The second-order valence-electron chi connectivity index (χ2n) is 3.92. The van der Waals surface area contributed by atoms with Crippen molar-refractivity contribution in [1.29, 1.82) is 0 Å². The molecule has 1 heteroatoms. The van der Waals surface area contributed by atoms with Crippen molar-refractivity contribution in [3.05, 3.63) is 0 Å². The topological polar surface area (TPSA) is 17.1 Å². The van der Waals surface area contributed by atoms with Crippen LogP contribution in [0.25, 0.3) is 0 Å². The Balaban J connectivity index is 2.61. The molecule has 1 nitrogen and oxygen atoms in total. The van der Waals surface area contributed by atoms with Crippen molar-refractivity contribution in [3.63, 3.8) is 0 Å². The SMILES string of the molecule is CCC1C(C(C)=O)C1(C)C. The maximum Gasteiger partial charge on any atom is 0.133 e. The third-order valence-corrected chi connectivity index (χ3v) is 2.93. The molecule has 1 rings (SSSR count). The van der Waals surface area contributed by atoms with Crippen LogP contribution in [-0.4, -0.2) is 5.78 Å². The zero-order chi connectivity index (χ0) is 7.94. The van der Waals surface area contributed by atoms with Crippen molar-refractivity contribution >= 4 is 5.78 Å². The number of hydrogen-bond acceptors (Lipinski definition) is 1. The predicted octanol–water partition coefficient (Wildman–Crippen LogP) is 2.26. The van der Waals surface area contributed by atoms with Crippen LogP contribution in [0.2, 0.25) is 0 Å². The van der Waals surface area contributed by atoms with Gasteiger partial charge in [0.25, 0.3) is 0 Å². The maximum absolute atomic E-state index is 11.0. The smallest absolute Gasteiger partial charge is 0.133 e. The minimum Gasteiger partial charge on any atom is -0.300 e. The van der Waals surface area contributed by atoms with E-state index in [1.54, 1.807) is 6.92 Å². The molecule has 2 unspecified atom stereocenters. The van der Waals surface area contributed by atoms with Gasteiger partial charge >= 0.3 is 0 Å². The Morgan fingerprint density at radius 2 is 2.00 bits per heavy atom. The van der Waals surface area contributed by atoms with Crippen LogP contribution in [0.1, 0.15) is 34.1 Å². The van der Waals surface area contributed by atoms with Crippen LogP contribution >= 0.6 is 0 Å². The highest BCUT2D eigenvalue weighted by molar-refractivity contribution is 5.82. The molecule has 0 aromatic rings. The lowest BCUT2D eigenvalue weighted by molar-refractivity contribution is -0.119. The Kier molecular flexibility index (Phi) is 1.61. The van der Waals surface area contributed by atoms with E-state index in [9.17, 15) is 4.79 Å². The molecule has 10 heavy (non-hydrogen) atoms. The molecule has 1 saturated carbocycles. The highest BCUT2D eigenvalue weighted by atomic mass is 16.1. The summed E-state index contributed by atoms with van der Waals surface area (Å²) in [5.74, 6) is 1.39. The highest BCUT2D eigenvalue weighted by Gasteiger charge is 2.58. The molecule has 0 saturated heterocycles. The maximum atomic E-state index is 11.0. The Labute approximate surface area is 62.8 Å². The molecule has 0 radical (unpaired) electrons. The van der Waals surface area contributed by atoms with E-state index in [1.807, 2.05) is 0 Å². The van der Waals surface area contributed by atoms with E-state index < -0.39 is 0 Å². The first-order chi connectivity index (χ1) is 4.51. The van der Waals surface area contributed by atoms with E-state index >= 15 is 0 Å². The fourth-order valence-corrected chi connectivity index (χ4v) is 2.31. The number of rotatable bonds is 2. The summed E-state index contributed by atoms with van der Waals surface area (Å²) in [5, 5.41) is 0. The van der Waals surface area contributed by atoms with Gasteiger partial charge in [-0.2, -0.15) is 0 Å². The van der Waals surface area contributed by atoms with Crippen LogP contribution in [0, 0.1) is 17.3 Å². The largest absolute Gasteiger partial charge is 0.300 e. The first-order valence-electron chi connectivity index (χ1n) is 4.02. The molecule has 0 bridgehead atoms. The Morgan fingerprint density at radius 1 is 1.50 bits per heavy atom. The summed E-state index contributed by atoms with van der Waals surface area (Å²) in [7, 11) is 0. The zero-order valence-corrected chi connectivity index (χ0v) is 7.27. The zero-order valence-electron chi connectivity index (χ0n) is 7.27. The van der Waals surface area contributed by atoms with Gasteiger partial charge in [0.05, 0.1) is 0 Å². The van der Waals surface area contributed by atoms with Crippen molar-refractivity contribution in [1.82, 2.24) is 0 Å². The Bertz CT molecular complexity index is 158. The number of ketones is 1. The summed E-state index contributed by atoms with van der Waals surface area (Å²) in [6, 6.07) is 0. The van der Waals surface area contributed by atoms with Crippen LogP contribution < -0.4 is 0 Å².